The zero-order chi connectivity index (χ0) is 20.4. The minimum absolute atomic E-state index is 0.182. The molecule has 144 valence electrons. The van der Waals surface area contributed by atoms with Crippen molar-refractivity contribution in [3.8, 4) is 0 Å². The molecule has 0 unspecified atom stereocenters. The SMILES string of the molecule is C/C=C(\C)c1cccs1.C=C(C)SC(=C)NCc1ccc2c(=O)c2c1.CC. The first kappa shape index (κ1) is 23.0. The summed E-state index contributed by atoms with van der Waals surface area (Å²) in [6, 6.07) is 10.00. The molecule has 1 heterocycles. The number of thioether (sulfide) groups is 1. The van der Waals surface area contributed by atoms with Gasteiger partial charge in [-0.15, -0.1) is 11.3 Å². The Balaban J connectivity index is 0.000000282. The molecule has 2 nitrogen and oxygen atoms in total. The Kier molecular flexibility index (Phi) is 9.90. The van der Waals surface area contributed by atoms with Crippen LogP contribution in [0.25, 0.3) is 16.3 Å². The zero-order valence-electron chi connectivity index (χ0n) is 16.9. The van der Waals surface area contributed by atoms with E-state index in [0.29, 0.717) is 6.54 Å². The van der Waals surface area contributed by atoms with E-state index in [1.165, 1.54) is 22.2 Å². The van der Waals surface area contributed by atoms with Crippen molar-refractivity contribution in [3.63, 3.8) is 0 Å². The van der Waals surface area contributed by atoms with Crippen LogP contribution >= 0.6 is 23.1 Å². The number of hydrogen-bond donors (Lipinski definition) is 1. The molecule has 0 aliphatic heterocycles. The van der Waals surface area contributed by atoms with Crippen LogP contribution in [-0.2, 0) is 6.54 Å². The van der Waals surface area contributed by atoms with E-state index >= 15 is 0 Å². The Morgan fingerprint density at radius 3 is 2.41 bits per heavy atom. The highest BCUT2D eigenvalue weighted by Gasteiger charge is 2.11. The third kappa shape index (κ3) is 7.61. The quantitative estimate of drug-likeness (QED) is 0.479. The highest BCUT2D eigenvalue weighted by atomic mass is 32.2. The molecule has 0 radical (unpaired) electrons. The van der Waals surface area contributed by atoms with Gasteiger partial charge in [-0.3, -0.25) is 4.79 Å². The predicted octanol–water partition coefficient (Wildman–Crippen LogP) is 7.10. The molecule has 0 spiro atoms. The van der Waals surface area contributed by atoms with Gasteiger partial charge in [-0.2, -0.15) is 0 Å². The standard InChI is InChI=1S/C13H13NOS.C8H10S.C2H6/c1-8(2)16-9(3)14-7-10-4-5-11-12(6-10)13(11)15;1-3-7(2)8-5-4-6-9-8;1-2/h4-6,14H,1,3,7H2,2H3;3-6H,1-2H3;1-2H3/b;7-3+;. The maximum atomic E-state index is 11.1. The van der Waals surface area contributed by atoms with E-state index in [-0.39, 0.29) is 5.43 Å². The largest absolute Gasteiger partial charge is 0.376 e. The maximum Gasteiger partial charge on any atom is 0.194 e. The minimum Gasteiger partial charge on any atom is -0.376 e. The first-order valence-corrected chi connectivity index (χ1v) is 10.7. The second-order valence-electron chi connectivity index (χ2n) is 5.74. The van der Waals surface area contributed by atoms with Crippen molar-refractivity contribution in [1.82, 2.24) is 5.32 Å². The lowest BCUT2D eigenvalue weighted by Crippen LogP contribution is -2.09. The number of rotatable bonds is 6. The van der Waals surface area contributed by atoms with Crippen molar-refractivity contribution in [1.29, 1.82) is 0 Å². The van der Waals surface area contributed by atoms with E-state index in [0.717, 1.165) is 26.3 Å². The van der Waals surface area contributed by atoms with Crippen LogP contribution in [0.2, 0.25) is 0 Å². The third-order valence-electron chi connectivity index (χ3n) is 3.64. The normalized spacial score (nSPS) is 10.6. The molecule has 0 amide bonds. The van der Waals surface area contributed by atoms with Gasteiger partial charge in [0.25, 0.3) is 0 Å². The number of benzene rings is 1. The maximum absolute atomic E-state index is 11.1. The van der Waals surface area contributed by atoms with Crippen molar-refractivity contribution < 1.29 is 0 Å². The van der Waals surface area contributed by atoms with Gasteiger partial charge in [0.1, 0.15) is 0 Å². The molecule has 27 heavy (non-hydrogen) atoms. The van der Waals surface area contributed by atoms with Crippen molar-refractivity contribution in [3.05, 3.63) is 85.5 Å². The van der Waals surface area contributed by atoms with Crippen LogP contribution in [-0.4, -0.2) is 0 Å². The number of hydrogen-bond acceptors (Lipinski definition) is 4. The molecule has 0 saturated carbocycles. The van der Waals surface area contributed by atoms with Gasteiger partial charge in [-0.1, -0.05) is 57.0 Å². The summed E-state index contributed by atoms with van der Waals surface area (Å²) in [6.45, 7) is 18.5. The molecule has 0 fully saturated rings. The molecule has 1 aromatic heterocycles. The molecule has 0 bridgehead atoms. The van der Waals surface area contributed by atoms with Gasteiger partial charge in [0.2, 0.25) is 0 Å². The van der Waals surface area contributed by atoms with Gasteiger partial charge in [0, 0.05) is 22.2 Å². The van der Waals surface area contributed by atoms with Crippen molar-refractivity contribution in [2.24, 2.45) is 0 Å². The van der Waals surface area contributed by atoms with Gasteiger partial charge in [0.15, 0.2) is 5.43 Å². The van der Waals surface area contributed by atoms with E-state index in [1.54, 1.807) is 11.3 Å². The number of thiophene rings is 1. The van der Waals surface area contributed by atoms with E-state index in [1.807, 2.05) is 39.0 Å². The zero-order valence-corrected chi connectivity index (χ0v) is 18.5. The molecule has 0 aliphatic carbocycles. The summed E-state index contributed by atoms with van der Waals surface area (Å²) in [5.74, 6) is 0. The lowest BCUT2D eigenvalue weighted by atomic mass is 10.2. The summed E-state index contributed by atoms with van der Waals surface area (Å²) in [7, 11) is 0. The van der Waals surface area contributed by atoms with E-state index in [4.69, 9.17) is 0 Å². The van der Waals surface area contributed by atoms with Crippen LogP contribution in [0.4, 0.5) is 0 Å². The summed E-state index contributed by atoms with van der Waals surface area (Å²) in [4.78, 5) is 13.5. The highest BCUT2D eigenvalue weighted by Crippen LogP contribution is 2.21. The van der Waals surface area contributed by atoms with Gasteiger partial charge < -0.3 is 5.32 Å². The summed E-state index contributed by atoms with van der Waals surface area (Å²) < 4.78 is 0. The molecule has 3 aromatic rings. The summed E-state index contributed by atoms with van der Waals surface area (Å²) in [5, 5.41) is 7.89. The average molecular weight is 400 g/mol. The van der Waals surface area contributed by atoms with Crippen LogP contribution in [0.1, 0.15) is 45.1 Å². The fraction of sp³-hybridized carbons (Fsp3) is 0.261. The molecule has 0 saturated heterocycles. The first-order chi connectivity index (χ1) is 12.9. The second-order valence-corrected chi connectivity index (χ2v) is 8.08. The molecular weight excluding hydrogens is 370 g/mol. The molecule has 1 N–H and O–H groups in total. The smallest absolute Gasteiger partial charge is 0.194 e. The fourth-order valence-electron chi connectivity index (χ4n) is 2.13. The molecular formula is C23H29NOS2. The average Bonchev–Trinajstić information content (AvgIpc) is 3.06. The van der Waals surface area contributed by atoms with Gasteiger partial charge in [-0.05, 0) is 60.4 Å². The molecule has 0 atom stereocenters. The first-order valence-electron chi connectivity index (χ1n) is 9.03. The van der Waals surface area contributed by atoms with E-state index in [2.05, 4.69) is 55.9 Å². The third-order valence-corrected chi connectivity index (χ3v) is 5.39. The van der Waals surface area contributed by atoms with Crippen LogP contribution in [0.3, 0.4) is 0 Å². The Morgan fingerprint density at radius 1 is 1.19 bits per heavy atom. The Morgan fingerprint density at radius 2 is 1.89 bits per heavy atom. The second kappa shape index (κ2) is 11.6. The summed E-state index contributed by atoms with van der Waals surface area (Å²) in [5.41, 5.74) is 2.65. The lowest BCUT2D eigenvalue weighted by Gasteiger charge is -2.08. The molecule has 2 aromatic carbocycles. The van der Waals surface area contributed by atoms with Gasteiger partial charge in [0.05, 0.1) is 5.03 Å². The Hall–Kier alpha value is -2.04. The predicted molar refractivity (Wildman–Crippen MR) is 126 cm³/mol. The van der Waals surface area contributed by atoms with E-state index in [9.17, 15) is 4.79 Å². The van der Waals surface area contributed by atoms with Gasteiger partial charge in [-0.25, -0.2) is 0 Å². The fourth-order valence-corrected chi connectivity index (χ4v) is 3.46. The van der Waals surface area contributed by atoms with Crippen LogP contribution < -0.4 is 10.7 Å². The molecule has 4 heteroatoms. The number of nitrogens with one attached hydrogen (secondary N) is 1. The highest BCUT2D eigenvalue weighted by molar-refractivity contribution is 8.06. The van der Waals surface area contributed by atoms with Gasteiger partial charge >= 0.3 is 0 Å². The minimum atomic E-state index is 0.182. The van der Waals surface area contributed by atoms with Crippen LogP contribution in [0.5, 0.6) is 0 Å². The van der Waals surface area contributed by atoms with Crippen molar-refractivity contribution in [2.45, 2.75) is 41.2 Å². The summed E-state index contributed by atoms with van der Waals surface area (Å²) >= 11 is 3.31. The number of allylic oxidation sites excluding steroid dienone is 3. The molecule has 3 rings (SSSR count). The molecule has 0 aliphatic rings. The van der Waals surface area contributed by atoms with E-state index < -0.39 is 0 Å². The Labute approximate surface area is 171 Å². The summed E-state index contributed by atoms with van der Waals surface area (Å²) in [6.07, 6.45) is 2.13. The monoisotopic (exact) mass is 399 g/mol. The lowest BCUT2D eigenvalue weighted by molar-refractivity contribution is 0.861. The van der Waals surface area contributed by atoms with Crippen molar-refractivity contribution in [2.75, 3.05) is 0 Å². The van der Waals surface area contributed by atoms with Crippen molar-refractivity contribution >= 4 is 39.4 Å². The Bertz CT molecular complexity index is 910. The van der Waals surface area contributed by atoms with Crippen LogP contribution in [0, 0.1) is 0 Å². The van der Waals surface area contributed by atoms with Crippen LogP contribution in [0.15, 0.2) is 69.7 Å². The number of fused-ring (bicyclic) bond motifs is 1. The topological polar surface area (TPSA) is 29.1 Å².